The molecule has 1 fully saturated rings. The molecule has 0 bridgehead atoms. The normalized spacial score (nSPS) is 19.6. The SMILES string of the molecule is [CH2]C[C](O)N1CCC(C(=O)OC(C)(C)C)CC1. The molecule has 1 heterocycles. The molecule has 0 atom stereocenters. The summed E-state index contributed by atoms with van der Waals surface area (Å²) in [7, 11) is 0. The standard InChI is InChI=1S/C13H23NO3/c1-5-11(15)14-8-6-10(7-9-14)12(16)17-13(2,3)4/h10,15H,1,5-9H2,2-4H3. The van der Waals surface area contributed by atoms with Crippen LogP contribution in [0.15, 0.2) is 0 Å². The van der Waals surface area contributed by atoms with Gasteiger partial charge in [0.25, 0.3) is 0 Å². The van der Waals surface area contributed by atoms with Crippen molar-refractivity contribution in [2.45, 2.75) is 45.6 Å². The first-order valence-electron chi connectivity index (χ1n) is 6.15. The first kappa shape index (κ1) is 14.5. The van der Waals surface area contributed by atoms with Crippen LogP contribution in [0.2, 0.25) is 0 Å². The second-order valence-corrected chi connectivity index (χ2v) is 5.46. The largest absolute Gasteiger partial charge is 0.460 e. The molecule has 0 aromatic rings. The minimum Gasteiger partial charge on any atom is -0.460 e. The van der Waals surface area contributed by atoms with E-state index >= 15 is 0 Å². The lowest BCUT2D eigenvalue weighted by atomic mass is 9.96. The van der Waals surface area contributed by atoms with Gasteiger partial charge in [0.05, 0.1) is 5.92 Å². The number of nitrogens with zero attached hydrogens (tertiary/aromatic N) is 1. The quantitative estimate of drug-likeness (QED) is 0.769. The number of hydrogen-bond donors (Lipinski definition) is 1. The maximum Gasteiger partial charge on any atom is 0.309 e. The van der Waals surface area contributed by atoms with Crippen molar-refractivity contribution in [3.05, 3.63) is 13.2 Å². The van der Waals surface area contributed by atoms with Gasteiger partial charge in [-0.05, 0) is 47.0 Å². The van der Waals surface area contributed by atoms with Crippen molar-refractivity contribution in [2.75, 3.05) is 13.1 Å². The van der Waals surface area contributed by atoms with Gasteiger partial charge in [0.1, 0.15) is 5.60 Å². The zero-order chi connectivity index (χ0) is 13.1. The molecule has 0 unspecified atom stereocenters. The van der Waals surface area contributed by atoms with Gasteiger partial charge < -0.3 is 9.84 Å². The smallest absolute Gasteiger partial charge is 0.309 e. The third-order valence-corrected chi connectivity index (χ3v) is 2.82. The molecule has 0 saturated carbocycles. The molecule has 98 valence electrons. The highest BCUT2D eigenvalue weighted by atomic mass is 16.6. The number of aliphatic hydroxyl groups excluding tert-OH is 1. The fourth-order valence-corrected chi connectivity index (χ4v) is 1.92. The molecule has 1 saturated heterocycles. The van der Waals surface area contributed by atoms with Gasteiger partial charge in [0.15, 0.2) is 6.23 Å². The minimum atomic E-state index is -0.421. The highest BCUT2D eigenvalue weighted by Gasteiger charge is 2.30. The highest BCUT2D eigenvalue weighted by Crippen LogP contribution is 2.24. The third kappa shape index (κ3) is 4.64. The van der Waals surface area contributed by atoms with E-state index in [0.717, 1.165) is 12.8 Å². The Bertz CT molecular complexity index is 252. The van der Waals surface area contributed by atoms with E-state index in [-0.39, 0.29) is 11.9 Å². The lowest BCUT2D eigenvalue weighted by molar-refractivity contribution is -0.161. The van der Waals surface area contributed by atoms with Crippen LogP contribution in [0, 0.1) is 19.1 Å². The first-order valence-corrected chi connectivity index (χ1v) is 6.15. The molecule has 17 heavy (non-hydrogen) atoms. The average Bonchev–Trinajstić information content (AvgIpc) is 2.26. The van der Waals surface area contributed by atoms with Crippen LogP contribution in [0.5, 0.6) is 0 Å². The predicted octanol–water partition coefficient (Wildman–Crippen LogP) is 2.13. The van der Waals surface area contributed by atoms with Crippen molar-refractivity contribution in [3.63, 3.8) is 0 Å². The molecule has 4 heteroatoms. The molecule has 0 aromatic heterocycles. The lowest BCUT2D eigenvalue weighted by Crippen LogP contribution is -2.40. The van der Waals surface area contributed by atoms with Crippen LogP contribution in [0.4, 0.5) is 0 Å². The third-order valence-electron chi connectivity index (χ3n) is 2.82. The Morgan fingerprint density at radius 1 is 1.41 bits per heavy atom. The Balaban J connectivity index is 2.39. The Morgan fingerprint density at radius 2 is 1.94 bits per heavy atom. The van der Waals surface area contributed by atoms with Gasteiger partial charge in [-0.3, -0.25) is 9.69 Å². The van der Waals surface area contributed by atoms with E-state index in [1.54, 1.807) is 0 Å². The maximum absolute atomic E-state index is 11.8. The van der Waals surface area contributed by atoms with Crippen molar-refractivity contribution in [1.82, 2.24) is 4.90 Å². The molecule has 4 nitrogen and oxygen atoms in total. The lowest BCUT2D eigenvalue weighted by Gasteiger charge is -2.34. The summed E-state index contributed by atoms with van der Waals surface area (Å²) >= 11 is 0. The Morgan fingerprint density at radius 3 is 2.35 bits per heavy atom. The van der Waals surface area contributed by atoms with E-state index in [9.17, 15) is 9.90 Å². The van der Waals surface area contributed by atoms with Gasteiger partial charge in [-0.25, -0.2) is 0 Å². The molecule has 0 amide bonds. The topological polar surface area (TPSA) is 49.8 Å². The predicted molar refractivity (Wildman–Crippen MR) is 65.3 cm³/mol. The van der Waals surface area contributed by atoms with Gasteiger partial charge in [-0.2, -0.15) is 0 Å². The van der Waals surface area contributed by atoms with Crippen LogP contribution in [0.25, 0.3) is 0 Å². The van der Waals surface area contributed by atoms with Crippen LogP contribution < -0.4 is 0 Å². The van der Waals surface area contributed by atoms with E-state index in [0.29, 0.717) is 25.7 Å². The molecular weight excluding hydrogens is 218 g/mol. The van der Waals surface area contributed by atoms with E-state index in [1.165, 1.54) is 0 Å². The van der Waals surface area contributed by atoms with Crippen LogP contribution in [0.3, 0.4) is 0 Å². The van der Waals surface area contributed by atoms with Crippen molar-refractivity contribution < 1.29 is 14.6 Å². The van der Waals surface area contributed by atoms with Gasteiger partial charge >= 0.3 is 5.97 Å². The fourth-order valence-electron chi connectivity index (χ4n) is 1.92. The number of aliphatic hydroxyl groups is 1. The number of esters is 1. The summed E-state index contributed by atoms with van der Waals surface area (Å²) in [4.78, 5) is 13.7. The molecule has 1 aliphatic rings. The first-order chi connectivity index (χ1) is 7.83. The summed E-state index contributed by atoms with van der Waals surface area (Å²) in [6.07, 6.45) is 2.18. The van der Waals surface area contributed by atoms with Gasteiger partial charge in [-0.15, -0.1) is 0 Å². The summed E-state index contributed by atoms with van der Waals surface area (Å²) in [5.41, 5.74) is -0.421. The van der Waals surface area contributed by atoms with Crippen molar-refractivity contribution in [3.8, 4) is 0 Å². The number of likely N-dealkylation sites (tertiary alicyclic amines) is 1. The second kappa shape index (κ2) is 5.83. The van der Waals surface area contributed by atoms with Crippen molar-refractivity contribution in [2.24, 2.45) is 5.92 Å². The monoisotopic (exact) mass is 241 g/mol. The molecule has 0 aromatic carbocycles. The van der Waals surface area contributed by atoms with Crippen LogP contribution >= 0.6 is 0 Å². The van der Waals surface area contributed by atoms with Crippen LogP contribution in [-0.2, 0) is 9.53 Å². The number of rotatable bonds is 3. The molecule has 1 rings (SSSR count). The molecular formula is C13H23NO3. The number of carbonyl (C=O) groups is 1. The highest BCUT2D eigenvalue weighted by molar-refractivity contribution is 5.73. The van der Waals surface area contributed by atoms with E-state index in [4.69, 9.17) is 4.74 Å². The molecule has 0 spiro atoms. The van der Waals surface area contributed by atoms with Gasteiger partial charge in [-0.1, -0.05) is 0 Å². The number of piperidine rings is 1. The summed E-state index contributed by atoms with van der Waals surface area (Å²) < 4.78 is 5.36. The fraction of sp³-hybridized carbons (Fsp3) is 0.769. The Hall–Kier alpha value is -0.610. The van der Waals surface area contributed by atoms with Gasteiger partial charge in [0, 0.05) is 13.1 Å². The number of ether oxygens (including phenoxy) is 1. The Kier molecular flexibility index (Phi) is 4.95. The summed E-state index contributed by atoms with van der Waals surface area (Å²) in [6.45, 7) is 10.7. The van der Waals surface area contributed by atoms with Crippen molar-refractivity contribution in [1.29, 1.82) is 0 Å². The van der Waals surface area contributed by atoms with E-state index in [1.807, 2.05) is 25.7 Å². The van der Waals surface area contributed by atoms with Crippen LogP contribution in [0.1, 0.15) is 40.0 Å². The number of carbonyl (C=O) groups excluding carboxylic acids is 1. The average molecular weight is 241 g/mol. The zero-order valence-corrected chi connectivity index (χ0v) is 11.0. The van der Waals surface area contributed by atoms with Crippen molar-refractivity contribution >= 4 is 5.97 Å². The molecule has 1 N–H and O–H groups in total. The maximum atomic E-state index is 11.8. The van der Waals surface area contributed by atoms with Crippen LogP contribution in [-0.4, -0.2) is 34.7 Å². The minimum absolute atomic E-state index is 0.0388. The number of hydrogen-bond acceptors (Lipinski definition) is 4. The molecule has 2 radical (unpaired) electrons. The summed E-state index contributed by atoms with van der Waals surface area (Å²) in [6, 6.07) is 0. The summed E-state index contributed by atoms with van der Waals surface area (Å²) in [5, 5.41) is 9.56. The van der Waals surface area contributed by atoms with Gasteiger partial charge in [0.2, 0.25) is 0 Å². The molecule has 1 aliphatic heterocycles. The zero-order valence-electron chi connectivity index (χ0n) is 11.0. The van der Waals surface area contributed by atoms with E-state index < -0.39 is 5.60 Å². The summed E-state index contributed by atoms with van der Waals surface area (Å²) in [5.74, 6) is -0.158. The molecule has 0 aliphatic carbocycles. The Labute approximate surface area is 104 Å². The second-order valence-electron chi connectivity index (χ2n) is 5.46. The van der Waals surface area contributed by atoms with E-state index in [2.05, 4.69) is 6.92 Å².